The topological polar surface area (TPSA) is 62.6 Å². The predicted molar refractivity (Wildman–Crippen MR) is 107 cm³/mol. The number of fused-ring (bicyclic) bond motifs is 1. The minimum absolute atomic E-state index is 0.0729. The van der Waals surface area contributed by atoms with Gasteiger partial charge in [-0.3, -0.25) is 9.59 Å². The van der Waals surface area contributed by atoms with E-state index in [-0.39, 0.29) is 17.6 Å². The largest absolute Gasteiger partial charge is 0.459 e. The quantitative estimate of drug-likeness (QED) is 0.724. The standard InChI is InChI=1S/C21H18N2O3S/c1-14-8-9-15(13-16(14)22-20(24)18-6-4-11-26-18)21(25)23-10-12-27-19-7-3-2-5-17(19)23/h2-9,11,13H,10,12H2,1H3,(H,22,24). The van der Waals surface area contributed by atoms with Gasteiger partial charge in [-0.1, -0.05) is 18.2 Å². The van der Waals surface area contributed by atoms with E-state index in [0.29, 0.717) is 17.8 Å². The Labute approximate surface area is 161 Å². The maximum atomic E-state index is 13.1. The molecule has 5 nitrogen and oxygen atoms in total. The van der Waals surface area contributed by atoms with Crippen molar-refractivity contribution in [2.45, 2.75) is 11.8 Å². The summed E-state index contributed by atoms with van der Waals surface area (Å²) in [4.78, 5) is 28.3. The van der Waals surface area contributed by atoms with Gasteiger partial charge in [-0.15, -0.1) is 11.8 Å². The molecule has 0 radical (unpaired) electrons. The molecule has 0 saturated heterocycles. The number of furan rings is 1. The summed E-state index contributed by atoms with van der Waals surface area (Å²) in [6, 6.07) is 16.5. The van der Waals surface area contributed by atoms with Gasteiger partial charge >= 0.3 is 0 Å². The van der Waals surface area contributed by atoms with Gasteiger partial charge < -0.3 is 14.6 Å². The number of rotatable bonds is 3. The number of anilines is 2. The summed E-state index contributed by atoms with van der Waals surface area (Å²) >= 11 is 1.76. The first kappa shape index (κ1) is 17.4. The number of hydrogen-bond donors (Lipinski definition) is 1. The van der Waals surface area contributed by atoms with Crippen LogP contribution in [0.1, 0.15) is 26.5 Å². The molecular weight excluding hydrogens is 360 g/mol. The Morgan fingerprint density at radius 3 is 2.78 bits per heavy atom. The molecule has 4 rings (SSSR count). The molecule has 3 aromatic rings. The second-order valence-corrected chi connectivity index (χ2v) is 7.37. The van der Waals surface area contributed by atoms with Crippen LogP contribution in [-0.4, -0.2) is 24.1 Å². The SMILES string of the molecule is Cc1ccc(C(=O)N2CCSc3ccccc32)cc1NC(=O)c1ccco1. The van der Waals surface area contributed by atoms with Crippen molar-refractivity contribution in [3.05, 3.63) is 77.7 Å². The number of amides is 2. The molecule has 1 N–H and O–H groups in total. The monoisotopic (exact) mass is 378 g/mol. The lowest BCUT2D eigenvalue weighted by molar-refractivity contribution is 0.0981. The van der Waals surface area contributed by atoms with Crippen LogP contribution in [0.5, 0.6) is 0 Å². The summed E-state index contributed by atoms with van der Waals surface area (Å²) in [7, 11) is 0. The summed E-state index contributed by atoms with van der Waals surface area (Å²) in [6.07, 6.45) is 1.45. The Hall–Kier alpha value is -2.99. The first-order valence-electron chi connectivity index (χ1n) is 8.63. The Kier molecular flexibility index (Phi) is 4.73. The third-order valence-electron chi connectivity index (χ3n) is 4.45. The van der Waals surface area contributed by atoms with Crippen LogP contribution < -0.4 is 10.2 Å². The van der Waals surface area contributed by atoms with Crippen LogP contribution in [0.3, 0.4) is 0 Å². The number of carbonyl (C=O) groups is 2. The minimum Gasteiger partial charge on any atom is -0.459 e. The number of para-hydroxylation sites is 1. The van der Waals surface area contributed by atoms with E-state index in [1.54, 1.807) is 40.9 Å². The first-order valence-corrected chi connectivity index (χ1v) is 9.61. The van der Waals surface area contributed by atoms with Crippen molar-refractivity contribution < 1.29 is 14.0 Å². The molecule has 27 heavy (non-hydrogen) atoms. The molecule has 1 aliphatic heterocycles. The highest BCUT2D eigenvalue weighted by Crippen LogP contribution is 2.35. The van der Waals surface area contributed by atoms with Crippen LogP contribution >= 0.6 is 11.8 Å². The second-order valence-electron chi connectivity index (χ2n) is 6.23. The van der Waals surface area contributed by atoms with E-state index in [2.05, 4.69) is 5.32 Å². The van der Waals surface area contributed by atoms with Crippen molar-refractivity contribution in [2.75, 3.05) is 22.5 Å². The van der Waals surface area contributed by atoms with Gasteiger partial charge in [-0.25, -0.2) is 0 Å². The van der Waals surface area contributed by atoms with Gasteiger partial charge in [0.15, 0.2) is 5.76 Å². The van der Waals surface area contributed by atoms with E-state index >= 15 is 0 Å². The van der Waals surface area contributed by atoms with Crippen LogP contribution in [0.2, 0.25) is 0 Å². The molecule has 136 valence electrons. The van der Waals surface area contributed by atoms with Gasteiger partial charge in [0, 0.05) is 28.4 Å². The molecular formula is C21H18N2O3S. The molecule has 2 aromatic carbocycles. The summed E-state index contributed by atoms with van der Waals surface area (Å²) in [5.74, 6) is 0.674. The van der Waals surface area contributed by atoms with Gasteiger partial charge in [-0.2, -0.15) is 0 Å². The lowest BCUT2D eigenvalue weighted by Gasteiger charge is -2.29. The number of hydrogen-bond acceptors (Lipinski definition) is 4. The average Bonchev–Trinajstić information content (AvgIpc) is 3.24. The molecule has 0 atom stereocenters. The highest BCUT2D eigenvalue weighted by atomic mass is 32.2. The fourth-order valence-electron chi connectivity index (χ4n) is 3.02. The molecule has 0 aliphatic carbocycles. The highest BCUT2D eigenvalue weighted by Gasteiger charge is 2.24. The van der Waals surface area contributed by atoms with Gasteiger partial charge in [0.2, 0.25) is 0 Å². The van der Waals surface area contributed by atoms with E-state index in [4.69, 9.17) is 4.42 Å². The van der Waals surface area contributed by atoms with Crippen molar-refractivity contribution in [1.29, 1.82) is 0 Å². The summed E-state index contributed by atoms with van der Waals surface area (Å²) in [5.41, 5.74) is 2.94. The Morgan fingerprint density at radius 1 is 1.11 bits per heavy atom. The number of thioether (sulfide) groups is 1. The molecule has 1 aliphatic rings. The van der Waals surface area contributed by atoms with E-state index in [0.717, 1.165) is 21.9 Å². The van der Waals surface area contributed by atoms with Crippen LogP contribution in [0.4, 0.5) is 11.4 Å². The zero-order chi connectivity index (χ0) is 18.8. The molecule has 2 heterocycles. The van der Waals surface area contributed by atoms with Crippen LogP contribution in [0.15, 0.2) is 70.2 Å². The lowest BCUT2D eigenvalue weighted by Crippen LogP contribution is -2.35. The smallest absolute Gasteiger partial charge is 0.291 e. The molecule has 1 aromatic heterocycles. The number of benzene rings is 2. The lowest BCUT2D eigenvalue weighted by atomic mass is 10.1. The molecule has 0 unspecified atom stereocenters. The maximum absolute atomic E-state index is 13.1. The Bertz CT molecular complexity index is 998. The third-order valence-corrected chi connectivity index (χ3v) is 5.49. The van der Waals surface area contributed by atoms with E-state index in [1.807, 2.05) is 37.3 Å². The number of aryl methyl sites for hydroxylation is 1. The molecule has 6 heteroatoms. The minimum atomic E-state index is -0.340. The molecule has 0 saturated carbocycles. The normalized spacial score (nSPS) is 13.1. The zero-order valence-electron chi connectivity index (χ0n) is 14.8. The predicted octanol–water partition coefficient (Wildman–Crippen LogP) is 4.59. The van der Waals surface area contributed by atoms with E-state index < -0.39 is 0 Å². The van der Waals surface area contributed by atoms with Crippen molar-refractivity contribution in [1.82, 2.24) is 0 Å². The molecule has 0 bridgehead atoms. The molecule has 2 amide bonds. The third kappa shape index (κ3) is 3.48. The maximum Gasteiger partial charge on any atom is 0.291 e. The number of carbonyl (C=O) groups excluding carboxylic acids is 2. The van der Waals surface area contributed by atoms with Gasteiger partial charge in [-0.05, 0) is 48.9 Å². The van der Waals surface area contributed by atoms with Gasteiger partial charge in [0.1, 0.15) is 0 Å². The Balaban J connectivity index is 1.61. The number of nitrogens with one attached hydrogen (secondary N) is 1. The average molecular weight is 378 g/mol. The van der Waals surface area contributed by atoms with Crippen molar-refractivity contribution in [3.63, 3.8) is 0 Å². The van der Waals surface area contributed by atoms with E-state index in [1.165, 1.54) is 6.26 Å². The van der Waals surface area contributed by atoms with Gasteiger partial charge in [0.05, 0.1) is 12.0 Å². The first-order chi connectivity index (χ1) is 13.1. The van der Waals surface area contributed by atoms with Crippen LogP contribution in [0, 0.1) is 6.92 Å². The van der Waals surface area contributed by atoms with E-state index in [9.17, 15) is 9.59 Å². The van der Waals surface area contributed by atoms with Crippen molar-refractivity contribution in [2.24, 2.45) is 0 Å². The Morgan fingerprint density at radius 2 is 1.96 bits per heavy atom. The fourth-order valence-corrected chi connectivity index (χ4v) is 4.01. The second kappa shape index (κ2) is 7.32. The van der Waals surface area contributed by atoms with Crippen molar-refractivity contribution in [3.8, 4) is 0 Å². The summed E-state index contributed by atoms with van der Waals surface area (Å²) < 4.78 is 5.13. The molecule has 0 spiro atoms. The molecule has 0 fully saturated rings. The van der Waals surface area contributed by atoms with Crippen molar-refractivity contribution >= 4 is 35.0 Å². The van der Waals surface area contributed by atoms with Crippen LogP contribution in [0.25, 0.3) is 0 Å². The summed E-state index contributed by atoms with van der Waals surface area (Å²) in [5, 5.41) is 2.82. The van der Waals surface area contributed by atoms with Crippen LogP contribution in [-0.2, 0) is 0 Å². The fraction of sp³-hybridized carbons (Fsp3) is 0.143. The number of nitrogens with zero attached hydrogens (tertiary/aromatic N) is 1. The van der Waals surface area contributed by atoms with Gasteiger partial charge in [0.25, 0.3) is 11.8 Å². The zero-order valence-corrected chi connectivity index (χ0v) is 15.6. The summed E-state index contributed by atoms with van der Waals surface area (Å²) in [6.45, 7) is 2.54. The highest BCUT2D eigenvalue weighted by molar-refractivity contribution is 7.99.